The van der Waals surface area contributed by atoms with Crippen molar-refractivity contribution < 1.29 is 5.11 Å². The summed E-state index contributed by atoms with van der Waals surface area (Å²) in [4.78, 5) is 1.35. The maximum absolute atomic E-state index is 9.89. The zero-order valence-electron chi connectivity index (χ0n) is 13.4. The van der Waals surface area contributed by atoms with E-state index in [4.69, 9.17) is 0 Å². The van der Waals surface area contributed by atoms with Crippen molar-refractivity contribution in [2.75, 3.05) is 12.4 Å². The van der Waals surface area contributed by atoms with E-state index < -0.39 is 0 Å². The van der Waals surface area contributed by atoms with Gasteiger partial charge in [-0.3, -0.25) is 0 Å². The van der Waals surface area contributed by atoms with E-state index in [2.05, 4.69) is 37.3 Å². The van der Waals surface area contributed by atoms with E-state index >= 15 is 0 Å². The molecule has 1 saturated carbocycles. The third-order valence-electron chi connectivity index (χ3n) is 5.11. The van der Waals surface area contributed by atoms with Crippen molar-refractivity contribution in [2.24, 2.45) is 11.3 Å². The third-order valence-corrected chi connectivity index (χ3v) is 6.13. The summed E-state index contributed by atoms with van der Waals surface area (Å²) < 4.78 is 0. The first kappa shape index (κ1) is 16.9. The van der Waals surface area contributed by atoms with Crippen LogP contribution in [-0.2, 0) is 0 Å². The Labute approximate surface area is 134 Å². The van der Waals surface area contributed by atoms with Crippen LogP contribution in [0.5, 0.6) is 0 Å². The lowest BCUT2D eigenvalue weighted by atomic mass is 9.68. The standard InChI is InChI=1S/C19H30OS/c1-2-3-7-17-10-12-19(16-20,13-11-17)14-15-21-18-8-5-4-6-9-18/h4-6,8-9,17,20H,2-3,7,10-16H2,1H3. The van der Waals surface area contributed by atoms with Crippen LogP contribution < -0.4 is 0 Å². The van der Waals surface area contributed by atoms with Gasteiger partial charge in [-0.15, -0.1) is 11.8 Å². The van der Waals surface area contributed by atoms with Crippen molar-refractivity contribution >= 4 is 11.8 Å². The van der Waals surface area contributed by atoms with E-state index in [1.54, 1.807) is 0 Å². The molecule has 2 heteroatoms. The molecule has 1 aliphatic carbocycles. The van der Waals surface area contributed by atoms with Gasteiger partial charge in [-0.25, -0.2) is 0 Å². The average Bonchev–Trinajstić information content (AvgIpc) is 2.55. The summed E-state index contributed by atoms with van der Waals surface area (Å²) in [7, 11) is 0. The van der Waals surface area contributed by atoms with Crippen LogP contribution in [0.15, 0.2) is 35.2 Å². The van der Waals surface area contributed by atoms with Crippen LogP contribution >= 0.6 is 11.8 Å². The van der Waals surface area contributed by atoms with Crippen LogP contribution in [0.4, 0.5) is 0 Å². The molecule has 0 heterocycles. The Kier molecular flexibility index (Phi) is 7.12. The number of benzene rings is 1. The van der Waals surface area contributed by atoms with Crippen LogP contribution in [0.1, 0.15) is 58.3 Å². The van der Waals surface area contributed by atoms with Gasteiger partial charge < -0.3 is 5.11 Å². The first-order valence-corrected chi connectivity index (χ1v) is 9.55. The molecule has 0 atom stereocenters. The van der Waals surface area contributed by atoms with Crippen LogP contribution in [-0.4, -0.2) is 17.5 Å². The molecule has 0 spiro atoms. The molecule has 1 fully saturated rings. The smallest absolute Gasteiger partial charge is 0.0487 e. The van der Waals surface area contributed by atoms with Gasteiger partial charge in [0, 0.05) is 11.5 Å². The van der Waals surface area contributed by atoms with E-state index in [1.807, 2.05) is 11.8 Å². The van der Waals surface area contributed by atoms with Gasteiger partial charge in [0.1, 0.15) is 0 Å². The predicted octanol–water partition coefficient (Wildman–Crippen LogP) is 5.53. The van der Waals surface area contributed by atoms with Crippen molar-refractivity contribution in [3.8, 4) is 0 Å². The molecule has 1 nitrogen and oxygen atoms in total. The van der Waals surface area contributed by atoms with E-state index in [0.29, 0.717) is 6.61 Å². The second-order valence-corrected chi connectivity index (χ2v) is 7.82. The fourth-order valence-electron chi connectivity index (χ4n) is 3.46. The molecule has 2 rings (SSSR count). The molecule has 1 aliphatic rings. The SMILES string of the molecule is CCCCC1CCC(CO)(CCSc2ccccc2)CC1. The van der Waals surface area contributed by atoms with Crippen LogP contribution in [0.3, 0.4) is 0 Å². The number of aliphatic hydroxyl groups is 1. The lowest BCUT2D eigenvalue weighted by Gasteiger charge is -2.39. The lowest BCUT2D eigenvalue weighted by Crippen LogP contribution is -2.31. The number of thioether (sulfide) groups is 1. The summed E-state index contributed by atoms with van der Waals surface area (Å²) in [5, 5.41) is 9.89. The number of hydrogen-bond donors (Lipinski definition) is 1. The second-order valence-electron chi connectivity index (χ2n) is 6.66. The zero-order chi connectivity index (χ0) is 15.0. The van der Waals surface area contributed by atoms with Gasteiger partial charge in [0.2, 0.25) is 0 Å². The molecule has 1 N–H and O–H groups in total. The van der Waals surface area contributed by atoms with Crippen molar-refractivity contribution in [2.45, 2.75) is 63.2 Å². The van der Waals surface area contributed by atoms with E-state index in [-0.39, 0.29) is 5.41 Å². The minimum absolute atomic E-state index is 0.213. The highest BCUT2D eigenvalue weighted by Crippen LogP contribution is 2.43. The molecule has 21 heavy (non-hydrogen) atoms. The Bertz CT molecular complexity index is 382. The average molecular weight is 307 g/mol. The van der Waals surface area contributed by atoms with E-state index in [9.17, 15) is 5.11 Å². The molecule has 118 valence electrons. The quantitative estimate of drug-likeness (QED) is 0.637. The predicted molar refractivity (Wildman–Crippen MR) is 92.8 cm³/mol. The van der Waals surface area contributed by atoms with Crippen molar-refractivity contribution in [1.29, 1.82) is 0 Å². The number of hydrogen-bond acceptors (Lipinski definition) is 2. The molecule has 0 unspecified atom stereocenters. The van der Waals surface area contributed by atoms with Gasteiger partial charge in [-0.1, -0.05) is 44.4 Å². The third kappa shape index (κ3) is 5.34. The van der Waals surface area contributed by atoms with Crippen molar-refractivity contribution in [3.63, 3.8) is 0 Å². The molecule has 0 bridgehead atoms. The van der Waals surface area contributed by atoms with Crippen LogP contribution in [0, 0.1) is 11.3 Å². The summed E-state index contributed by atoms with van der Waals surface area (Å²) in [6.07, 6.45) is 10.4. The molecule has 1 aromatic carbocycles. The fourth-order valence-corrected chi connectivity index (χ4v) is 4.58. The van der Waals surface area contributed by atoms with Crippen molar-refractivity contribution in [1.82, 2.24) is 0 Å². The lowest BCUT2D eigenvalue weighted by molar-refractivity contribution is 0.0595. The van der Waals surface area contributed by atoms with Gasteiger partial charge in [0.05, 0.1) is 0 Å². The highest BCUT2D eigenvalue weighted by atomic mass is 32.2. The largest absolute Gasteiger partial charge is 0.396 e. The minimum Gasteiger partial charge on any atom is -0.396 e. The molecule has 0 radical (unpaired) electrons. The summed E-state index contributed by atoms with van der Waals surface area (Å²) in [6, 6.07) is 10.6. The van der Waals surface area contributed by atoms with Crippen molar-refractivity contribution in [3.05, 3.63) is 30.3 Å². The summed E-state index contributed by atoms with van der Waals surface area (Å²) in [5.74, 6) is 2.05. The Morgan fingerprint density at radius 2 is 1.90 bits per heavy atom. The minimum atomic E-state index is 0.213. The molecular weight excluding hydrogens is 276 g/mol. The summed E-state index contributed by atoms with van der Waals surface area (Å²) in [5.41, 5.74) is 0.213. The summed E-state index contributed by atoms with van der Waals surface area (Å²) in [6.45, 7) is 2.66. The Morgan fingerprint density at radius 1 is 1.19 bits per heavy atom. The Balaban J connectivity index is 1.75. The summed E-state index contributed by atoms with van der Waals surface area (Å²) >= 11 is 1.93. The zero-order valence-corrected chi connectivity index (χ0v) is 14.2. The second kappa shape index (κ2) is 8.85. The van der Waals surface area contributed by atoms with E-state index in [0.717, 1.165) is 18.1 Å². The maximum Gasteiger partial charge on any atom is 0.0487 e. The Hall–Kier alpha value is -0.470. The van der Waals surface area contributed by atoms with Crippen LogP contribution in [0.25, 0.3) is 0 Å². The molecular formula is C19H30OS. The fraction of sp³-hybridized carbons (Fsp3) is 0.684. The molecule has 0 aliphatic heterocycles. The monoisotopic (exact) mass is 306 g/mol. The normalized spacial score (nSPS) is 25.9. The first-order chi connectivity index (χ1) is 10.3. The number of aliphatic hydroxyl groups excluding tert-OH is 1. The first-order valence-electron chi connectivity index (χ1n) is 8.57. The van der Waals surface area contributed by atoms with E-state index in [1.165, 1.54) is 49.8 Å². The number of unbranched alkanes of at least 4 members (excludes halogenated alkanes) is 1. The highest BCUT2D eigenvalue weighted by molar-refractivity contribution is 7.99. The topological polar surface area (TPSA) is 20.2 Å². The molecule has 0 aromatic heterocycles. The highest BCUT2D eigenvalue weighted by Gasteiger charge is 2.34. The molecule has 0 amide bonds. The van der Waals surface area contributed by atoms with Gasteiger partial charge in [-0.05, 0) is 61.3 Å². The van der Waals surface area contributed by atoms with Crippen LogP contribution in [0.2, 0.25) is 0 Å². The van der Waals surface area contributed by atoms with Gasteiger partial charge in [0.15, 0.2) is 0 Å². The Morgan fingerprint density at radius 3 is 2.52 bits per heavy atom. The van der Waals surface area contributed by atoms with Gasteiger partial charge in [0.25, 0.3) is 0 Å². The van der Waals surface area contributed by atoms with Gasteiger partial charge >= 0.3 is 0 Å². The number of rotatable bonds is 8. The molecule has 0 saturated heterocycles. The van der Waals surface area contributed by atoms with Gasteiger partial charge in [-0.2, -0.15) is 0 Å². The molecule has 1 aromatic rings. The maximum atomic E-state index is 9.89.